The fourth-order valence-corrected chi connectivity index (χ4v) is 3.49. The van der Waals surface area contributed by atoms with Gasteiger partial charge in [-0.3, -0.25) is 4.79 Å². The van der Waals surface area contributed by atoms with Crippen molar-refractivity contribution < 1.29 is 9.53 Å². The van der Waals surface area contributed by atoms with Gasteiger partial charge in [-0.05, 0) is 42.8 Å². The van der Waals surface area contributed by atoms with Crippen LogP contribution in [0.5, 0.6) is 5.75 Å². The van der Waals surface area contributed by atoms with Crippen molar-refractivity contribution in [2.45, 2.75) is 13.0 Å². The largest absolute Gasteiger partial charge is 0.497 e. The normalized spacial score (nSPS) is 12.4. The summed E-state index contributed by atoms with van der Waals surface area (Å²) in [6.45, 7) is 2.00. The Balaban J connectivity index is 1.71. The van der Waals surface area contributed by atoms with E-state index in [0.717, 1.165) is 26.5 Å². The minimum Gasteiger partial charge on any atom is -0.497 e. The molecule has 1 unspecified atom stereocenters. The lowest BCUT2D eigenvalue weighted by atomic mass is 10.2. The molecule has 25 heavy (non-hydrogen) atoms. The predicted molar refractivity (Wildman–Crippen MR) is 103 cm³/mol. The number of rotatable bonds is 5. The number of aromatic nitrogens is 1. The van der Waals surface area contributed by atoms with Gasteiger partial charge < -0.3 is 9.64 Å². The minimum atomic E-state index is -0.0783. The third-order valence-corrected chi connectivity index (χ3v) is 5.34. The number of nitrogens with zero attached hydrogens (tertiary/aromatic N) is 2. The van der Waals surface area contributed by atoms with Crippen molar-refractivity contribution in [2.75, 3.05) is 14.2 Å². The van der Waals surface area contributed by atoms with Crippen molar-refractivity contribution in [3.8, 4) is 5.75 Å². The number of methoxy groups -OCH3 is 1. The molecular weight excluding hydrogens is 332 g/mol. The van der Waals surface area contributed by atoms with Gasteiger partial charge in [0, 0.05) is 13.1 Å². The number of hydrogen-bond acceptors (Lipinski definition) is 4. The molecule has 0 bridgehead atoms. The zero-order chi connectivity index (χ0) is 17.8. The third-order valence-electron chi connectivity index (χ3n) is 4.13. The van der Waals surface area contributed by atoms with Gasteiger partial charge in [-0.2, -0.15) is 0 Å². The Labute approximate surface area is 151 Å². The maximum atomic E-state index is 12.5. The molecule has 1 aromatic heterocycles. The summed E-state index contributed by atoms with van der Waals surface area (Å²) in [5, 5.41) is 0.940. The SMILES string of the molecule is COc1ccc(/C=C/C(=O)N(C)C(C)c2nc3ccccc3s2)cc1. The fraction of sp³-hybridized carbons (Fsp3) is 0.200. The summed E-state index contributed by atoms with van der Waals surface area (Å²) in [4.78, 5) is 18.8. The van der Waals surface area contributed by atoms with Crippen LogP contribution in [-0.2, 0) is 4.79 Å². The van der Waals surface area contributed by atoms with Gasteiger partial charge in [0.1, 0.15) is 10.8 Å². The summed E-state index contributed by atoms with van der Waals surface area (Å²) >= 11 is 1.63. The zero-order valence-electron chi connectivity index (χ0n) is 14.5. The van der Waals surface area contributed by atoms with Crippen LogP contribution in [-0.4, -0.2) is 29.9 Å². The van der Waals surface area contributed by atoms with Gasteiger partial charge in [-0.25, -0.2) is 4.98 Å². The summed E-state index contributed by atoms with van der Waals surface area (Å²) in [6.07, 6.45) is 3.40. The number of carbonyl (C=O) groups excluding carboxylic acids is 1. The van der Waals surface area contributed by atoms with Gasteiger partial charge >= 0.3 is 0 Å². The first kappa shape index (κ1) is 17.2. The lowest BCUT2D eigenvalue weighted by Crippen LogP contribution is -2.27. The molecule has 0 aliphatic heterocycles. The van der Waals surface area contributed by atoms with Gasteiger partial charge in [0.2, 0.25) is 5.91 Å². The van der Waals surface area contributed by atoms with Crippen LogP contribution in [0.4, 0.5) is 0 Å². The first-order valence-electron chi connectivity index (χ1n) is 8.03. The highest BCUT2D eigenvalue weighted by Crippen LogP contribution is 2.28. The molecule has 0 N–H and O–H groups in total. The smallest absolute Gasteiger partial charge is 0.246 e. The molecule has 0 saturated carbocycles. The van der Waals surface area contributed by atoms with Crippen molar-refractivity contribution in [2.24, 2.45) is 0 Å². The second-order valence-electron chi connectivity index (χ2n) is 5.75. The molecule has 0 spiro atoms. The summed E-state index contributed by atoms with van der Waals surface area (Å²) in [6, 6.07) is 15.5. The van der Waals surface area contributed by atoms with Crippen LogP contribution in [0.25, 0.3) is 16.3 Å². The molecule has 1 atom stereocenters. The first-order valence-corrected chi connectivity index (χ1v) is 8.84. The monoisotopic (exact) mass is 352 g/mol. The van der Waals surface area contributed by atoms with E-state index >= 15 is 0 Å². The van der Waals surface area contributed by atoms with E-state index in [0.29, 0.717) is 0 Å². The molecule has 1 amide bonds. The molecule has 2 aromatic carbocycles. The van der Waals surface area contributed by atoms with Crippen LogP contribution < -0.4 is 4.74 Å². The molecule has 5 heteroatoms. The number of fused-ring (bicyclic) bond motifs is 1. The van der Waals surface area contributed by atoms with E-state index in [9.17, 15) is 4.79 Å². The van der Waals surface area contributed by atoms with E-state index in [1.54, 1.807) is 36.5 Å². The predicted octanol–water partition coefficient (Wildman–Crippen LogP) is 4.54. The van der Waals surface area contributed by atoms with Crippen LogP contribution in [0.1, 0.15) is 23.5 Å². The van der Waals surface area contributed by atoms with Gasteiger partial charge in [0.05, 0.1) is 23.4 Å². The van der Waals surface area contributed by atoms with E-state index in [1.165, 1.54) is 0 Å². The summed E-state index contributed by atoms with van der Waals surface area (Å²) in [7, 11) is 3.43. The number of amides is 1. The number of thiazole rings is 1. The maximum Gasteiger partial charge on any atom is 0.246 e. The highest BCUT2D eigenvalue weighted by Gasteiger charge is 2.19. The topological polar surface area (TPSA) is 42.4 Å². The number of ether oxygens (including phenoxy) is 1. The first-order chi connectivity index (χ1) is 12.1. The number of hydrogen-bond donors (Lipinski definition) is 0. The van der Waals surface area contributed by atoms with Crippen LogP contribution >= 0.6 is 11.3 Å². The number of para-hydroxylation sites is 1. The minimum absolute atomic E-state index is 0.0532. The Bertz CT molecular complexity index is 866. The van der Waals surface area contributed by atoms with Crippen molar-refractivity contribution in [3.05, 3.63) is 65.2 Å². The molecule has 0 aliphatic carbocycles. The van der Waals surface area contributed by atoms with E-state index in [4.69, 9.17) is 4.74 Å². The van der Waals surface area contributed by atoms with Crippen molar-refractivity contribution in [1.29, 1.82) is 0 Å². The van der Waals surface area contributed by atoms with Crippen molar-refractivity contribution in [3.63, 3.8) is 0 Å². The Morgan fingerprint density at radius 1 is 1.20 bits per heavy atom. The molecule has 0 fully saturated rings. The van der Waals surface area contributed by atoms with Crippen LogP contribution in [0.3, 0.4) is 0 Å². The van der Waals surface area contributed by atoms with Gasteiger partial charge in [0.15, 0.2) is 0 Å². The van der Waals surface area contributed by atoms with Crippen LogP contribution in [0, 0.1) is 0 Å². The zero-order valence-corrected chi connectivity index (χ0v) is 15.3. The summed E-state index contributed by atoms with van der Waals surface area (Å²) < 4.78 is 6.27. The van der Waals surface area contributed by atoms with E-state index in [2.05, 4.69) is 11.1 Å². The Kier molecular flexibility index (Phi) is 5.14. The average molecular weight is 352 g/mol. The third kappa shape index (κ3) is 3.88. The lowest BCUT2D eigenvalue weighted by molar-refractivity contribution is -0.126. The Morgan fingerprint density at radius 3 is 2.60 bits per heavy atom. The Morgan fingerprint density at radius 2 is 1.92 bits per heavy atom. The average Bonchev–Trinajstić information content (AvgIpc) is 3.09. The summed E-state index contributed by atoms with van der Waals surface area (Å²) in [5.41, 5.74) is 1.93. The Hall–Kier alpha value is -2.66. The van der Waals surface area contributed by atoms with Gasteiger partial charge in [-0.15, -0.1) is 11.3 Å². The lowest BCUT2D eigenvalue weighted by Gasteiger charge is -2.21. The van der Waals surface area contributed by atoms with Crippen LogP contribution in [0.2, 0.25) is 0 Å². The molecular formula is C20H20N2O2S. The molecule has 4 nitrogen and oxygen atoms in total. The molecule has 3 rings (SSSR count). The van der Waals surface area contributed by atoms with Crippen molar-refractivity contribution >= 4 is 33.5 Å². The molecule has 3 aromatic rings. The second kappa shape index (κ2) is 7.49. The molecule has 0 radical (unpaired) electrons. The van der Waals surface area contributed by atoms with Crippen LogP contribution in [0.15, 0.2) is 54.6 Å². The molecule has 128 valence electrons. The molecule has 1 heterocycles. The van der Waals surface area contributed by atoms with Gasteiger partial charge in [-0.1, -0.05) is 24.3 Å². The number of likely N-dealkylation sites (N-methyl/N-ethyl adjacent to an activating group) is 1. The van der Waals surface area contributed by atoms with E-state index in [1.807, 2.05) is 55.5 Å². The highest BCUT2D eigenvalue weighted by atomic mass is 32.1. The van der Waals surface area contributed by atoms with Gasteiger partial charge in [0.25, 0.3) is 0 Å². The standard InChI is InChI=1S/C20H20N2O2S/c1-14(20-21-17-6-4-5-7-18(17)25-20)22(2)19(23)13-10-15-8-11-16(24-3)12-9-15/h4-14H,1-3H3/b13-10+. The summed E-state index contributed by atoms with van der Waals surface area (Å²) in [5.74, 6) is 0.743. The fourth-order valence-electron chi connectivity index (χ4n) is 2.43. The maximum absolute atomic E-state index is 12.5. The van der Waals surface area contributed by atoms with E-state index < -0.39 is 0 Å². The molecule has 0 saturated heterocycles. The highest BCUT2D eigenvalue weighted by molar-refractivity contribution is 7.18. The van der Waals surface area contributed by atoms with Crippen molar-refractivity contribution in [1.82, 2.24) is 9.88 Å². The number of benzene rings is 2. The molecule has 0 aliphatic rings. The van der Waals surface area contributed by atoms with E-state index in [-0.39, 0.29) is 11.9 Å². The quantitative estimate of drug-likeness (QED) is 0.633. The second-order valence-corrected chi connectivity index (χ2v) is 6.81. The number of carbonyl (C=O) groups is 1.